The van der Waals surface area contributed by atoms with Gasteiger partial charge in [-0.2, -0.15) is 5.26 Å². The first-order chi connectivity index (χ1) is 22.7. The third-order valence-corrected chi connectivity index (χ3v) is 10.0. The van der Waals surface area contributed by atoms with Gasteiger partial charge in [-0.05, 0) is 64.2 Å². The molecule has 4 heterocycles. The number of furan rings is 1. The van der Waals surface area contributed by atoms with Gasteiger partial charge in [0.25, 0.3) is 0 Å². The largest absolute Gasteiger partial charge is 0.454 e. The van der Waals surface area contributed by atoms with Crippen molar-refractivity contribution in [2.45, 2.75) is 0 Å². The average Bonchev–Trinajstić information content (AvgIpc) is 3.70. The Labute approximate surface area is 268 Å². The molecule has 9 rings (SSSR count). The van der Waals surface area contributed by atoms with Crippen LogP contribution in [-0.4, -0.2) is 9.97 Å². The molecule has 4 aromatic heterocycles. The van der Waals surface area contributed by atoms with E-state index in [1.165, 1.54) is 36.9 Å². The Morgan fingerprint density at radius 1 is 0.543 bits per heavy atom. The van der Waals surface area contributed by atoms with E-state index in [9.17, 15) is 0 Å². The smallest absolute Gasteiger partial charge is 0.153 e. The van der Waals surface area contributed by atoms with Crippen molar-refractivity contribution in [3.63, 3.8) is 0 Å². The third-order valence-electron chi connectivity index (χ3n) is 8.71. The van der Waals surface area contributed by atoms with Crippen LogP contribution in [0.1, 0.15) is 5.56 Å². The van der Waals surface area contributed by atoms with Gasteiger partial charge in [-0.3, -0.25) is 9.97 Å². The molecule has 46 heavy (non-hydrogen) atoms. The lowest BCUT2D eigenvalue weighted by Gasteiger charge is -2.07. The summed E-state index contributed by atoms with van der Waals surface area (Å²) in [7, 11) is 0. The zero-order chi connectivity index (χ0) is 30.6. The summed E-state index contributed by atoms with van der Waals surface area (Å²) in [5, 5.41) is 13.8. The Kier molecular flexibility index (Phi) is 6.02. The molecule has 0 aliphatic rings. The number of benzene rings is 5. The van der Waals surface area contributed by atoms with Crippen molar-refractivity contribution in [3.8, 4) is 50.7 Å². The summed E-state index contributed by atoms with van der Waals surface area (Å²) in [5.74, 6) is 0. The van der Waals surface area contributed by atoms with Crippen LogP contribution in [0.5, 0.6) is 0 Å². The van der Waals surface area contributed by atoms with E-state index in [2.05, 4.69) is 96.0 Å². The zero-order valence-corrected chi connectivity index (χ0v) is 25.3. The molecule has 0 fully saturated rings. The van der Waals surface area contributed by atoms with Crippen LogP contribution in [-0.2, 0) is 0 Å². The van der Waals surface area contributed by atoms with Crippen LogP contribution in [0.4, 0.5) is 0 Å². The number of thiophene rings is 1. The molecule has 0 radical (unpaired) electrons. The van der Waals surface area contributed by atoms with Crippen LogP contribution in [0.25, 0.3) is 86.7 Å². The highest BCUT2D eigenvalue weighted by atomic mass is 32.1. The lowest BCUT2D eigenvalue weighted by molar-refractivity contribution is 0.667. The molecule has 9 aromatic rings. The number of hydrogen-bond donors (Lipinski definition) is 0. The van der Waals surface area contributed by atoms with E-state index < -0.39 is 0 Å². The minimum Gasteiger partial charge on any atom is -0.454 e. The molecule has 0 N–H and O–H groups in total. The van der Waals surface area contributed by atoms with E-state index in [1.54, 1.807) is 6.20 Å². The fraction of sp³-hybridized carbons (Fsp3) is 0. The van der Waals surface area contributed by atoms with Gasteiger partial charge < -0.3 is 4.42 Å². The molecule has 5 aromatic carbocycles. The van der Waals surface area contributed by atoms with Crippen LogP contribution >= 0.6 is 11.3 Å². The summed E-state index contributed by atoms with van der Waals surface area (Å²) in [6, 6.07) is 44.3. The lowest BCUT2D eigenvalue weighted by Crippen LogP contribution is -1.86. The van der Waals surface area contributed by atoms with Gasteiger partial charge in [0.05, 0.1) is 23.5 Å². The highest BCUT2D eigenvalue weighted by Crippen LogP contribution is 2.44. The normalized spacial score (nSPS) is 11.5. The SMILES string of the molecule is N#Cc1ccc(-c2ccc(-c3ccc(-c4cccc5c4sc4c(-c6ccc7c(c6)oc6cnccc67)cccc45)cc3)cn2)cc1. The Morgan fingerprint density at radius 3 is 1.91 bits per heavy atom. The Hall–Kier alpha value is -6.09. The topological polar surface area (TPSA) is 62.7 Å². The molecule has 0 bridgehead atoms. The fourth-order valence-corrected chi connectivity index (χ4v) is 7.74. The molecule has 0 saturated heterocycles. The first kappa shape index (κ1) is 26.3. The molecule has 0 aliphatic heterocycles. The number of rotatable bonds is 4. The highest BCUT2D eigenvalue weighted by molar-refractivity contribution is 7.26. The Bertz CT molecular complexity index is 2620. The molecule has 5 heteroatoms. The molecule has 214 valence electrons. The summed E-state index contributed by atoms with van der Waals surface area (Å²) in [5.41, 5.74) is 11.1. The number of fused-ring (bicyclic) bond motifs is 6. The first-order valence-electron chi connectivity index (χ1n) is 15.0. The molecule has 0 unspecified atom stereocenters. The van der Waals surface area contributed by atoms with Crippen molar-refractivity contribution in [2.24, 2.45) is 0 Å². The molecule has 0 spiro atoms. The molecule has 0 saturated carbocycles. The zero-order valence-electron chi connectivity index (χ0n) is 24.4. The predicted molar refractivity (Wildman–Crippen MR) is 189 cm³/mol. The van der Waals surface area contributed by atoms with E-state index in [4.69, 9.17) is 14.7 Å². The third kappa shape index (κ3) is 4.28. The molecule has 4 nitrogen and oxygen atoms in total. The Morgan fingerprint density at radius 2 is 1.20 bits per heavy atom. The van der Waals surface area contributed by atoms with Gasteiger partial charge in [-0.25, -0.2) is 0 Å². The molecule has 0 amide bonds. The second-order valence-electron chi connectivity index (χ2n) is 11.4. The standard InChI is InChI=1S/C41H23N3OS/c42-22-25-7-9-28(10-8-25)37-18-16-30(23-44-37)26-11-13-27(14-12-26)31-3-1-5-35-36-6-2-4-32(41(36)46-40(31)35)29-15-17-33-34-19-20-43-24-39(34)45-38(33)21-29/h1-21,23-24H. The quantitative estimate of drug-likeness (QED) is 0.200. The van der Waals surface area contributed by atoms with Crippen molar-refractivity contribution in [1.82, 2.24) is 9.97 Å². The summed E-state index contributed by atoms with van der Waals surface area (Å²) < 4.78 is 8.72. The van der Waals surface area contributed by atoms with E-state index in [0.29, 0.717) is 5.56 Å². The summed E-state index contributed by atoms with van der Waals surface area (Å²) >= 11 is 1.85. The maximum Gasteiger partial charge on any atom is 0.153 e. The van der Waals surface area contributed by atoms with E-state index in [-0.39, 0.29) is 0 Å². The predicted octanol–water partition coefficient (Wildman–Crippen LogP) is 11.3. The monoisotopic (exact) mass is 605 g/mol. The molecular weight excluding hydrogens is 583 g/mol. The fourth-order valence-electron chi connectivity index (χ4n) is 6.37. The van der Waals surface area contributed by atoms with Gasteiger partial charge in [-0.1, -0.05) is 84.9 Å². The van der Waals surface area contributed by atoms with Crippen LogP contribution in [0.2, 0.25) is 0 Å². The van der Waals surface area contributed by atoms with Gasteiger partial charge in [0, 0.05) is 54.5 Å². The second kappa shape index (κ2) is 10.5. The van der Waals surface area contributed by atoms with Crippen LogP contribution in [0, 0.1) is 11.3 Å². The van der Waals surface area contributed by atoms with Crippen molar-refractivity contribution >= 4 is 53.4 Å². The number of hydrogen-bond acceptors (Lipinski definition) is 5. The maximum absolute atomic E-state index is 9.07. The van der Waals surface area contributed by atoms with Crippen molar-refractivity contribution < 1.29 is 4.42 Å². The minimum atomic E-state index is 0.645. The van der Waals surface area contributed by atoms with Gasteiger partial charge in [0.1, 0.15) is 5.58 Å². The van der Waals surface area contributed by atoms with E-state index in [1.807, 2.05) is 60.1 Å². The van der Waals surface area contributed by atoms with Crippen LogP contribution in [0.15, 0.2) is 144 Å². The average molecular weight is 606 g/mol. The van der Waals surface area contributed by atoms with Crippen molar-refractivity contribution in [2.75, 3.05) is 0 Å². The van der Waals surface area contributed by atoms with Crippen LogP contribution in [0.3, 0.4) is 0 Å². The summed E-state index contributed by atoms with van der Waals surface area (Å²) in [6.45, 7) is 0. The summed E-state index contributed by atoms with van der Waals surface area (Å²) in [4.78, 5) is 8.92. The van der Waals surface area contributed by atoms with Crippen LogP contribution < -0.4 is 0 Å². The first-order valence-corrected chi connectivity index (χ1v) is 15.8. The van der Waals surface area contributed by atoms with Gasteiger partial charge >= 0.3 is 0 Å². The van der Waals surface area contributed by atoms with Gasteiger partial charge in [-0.15, -0.1) is 11.3 Å². The van der Waals surface area contributed by atoms with E-state index >= 15 is 0 Å². The summed E-state index contributed by atoms with van der Waals surface area (Å²) in [6.07, 6.45) is 5.50. The molecule has 0 aliphatic carbocycles. The van der Waals surface area contributed by atoms with Crippen molar-refractivity contribution in [1.29, 1.82) is 5.26 Å². The van der Waals surface area contributed by atoms with Gasteiger partial charge in [0.15, 0.2) is 5.58 Å². The number of pyridine rings is 2. The maximum atomic E-state index is 9.07. The highest BCUT2D eigenvalue weighted by Gasteiger charge is 2.15. The molecular formula is C41H23N3OS. The van der Waals surface area contributed by atoms with Gasteiger partial charge in [0.2, 0.25) is 0 Å². The lowest BCUT2D eigenvalue weighted by atomic mass is 9.98. The number of aromatic nitrogens is 2. The van der Waals surface area contributed by atoms with Crippen molar-refractivity contribution in [3.05, 3.63) is 145 Å². The number of nitriles is 1. The number of nitrogens with zero attached hydrogens (tertiary/aromatic N) is 3. The Balaban J connectivity index is 1.07. The molecule has 0 atom stereocenters. The van der Waals surface area contributed by atoms with E-state index in [0.717, 1.165) is 49.9 Å². The minimum absolute atomic E-state index is 0.645. The second-order valence-corrected chi connectivity index (χ2v) is 12.4.